The average molecular weight is 270 g/mol. The van der Waals surface area contributed by atoms with E-state index >= 15 is 0 Å². The molecular weight excluding hydrogens is 252 g/mol. The molecule has 6 heteroatoms. The van der Waals surface area contributed by atoms with Crippen LogP contribution < -0.4 is 5.73 Å². The van der Waals surface area contributed by atoms with Crippen molar-refractivity contribution in [1.29, 1.82) is 0 Å². The fourth-order valence-corrected chi connectivity index (χ4v) is 3.30. The van der Waals surface area contributed by atoms with E-state index < -0.39 is 10.0 Å². The average Bonchev–Trinajstić information content (AvgIpc) is 2.36. The number of rotatable bonds is 2. The number of nitrogen functional groups attached to an aromatic ring is 1. The van der Waals surface area contributed by atoms with Crippen molar-refractivity contribution in [2.45, 2.75) is 31.6 Å². The van der Waals surface area contributed by atoms with Gasteiger partial charge >= 0.3 is 0 Å². The van der Waals surface area contributed by atoms with E-state index in [1.165, 1.54) is 6.07 Å². The summed E-state index contributed by atoms with van der Waals surface area (Å²) in [5, 5.41) is 0. The highest BCUT2D eigenvalue weighted by atomic mass is 32.2. The lowest BCUT2D eigenvalue weighted by Gasteiger charge is -2.25. The number of nitrogens with zero attached hydrogens (tertiary/aromatic N) is 1. The lowest BCUT2D eigenvalue weighted by Crippen LogP contribution is -2.35. The highest BCUT2D eigenvalue weighted by molar-refractivity contribution is 7.89. The number of hydrogen-bond acceptors (Lipinski definition) is 4. The van der Waals surface area contributed by atoms with Gasteiger partial charge < -0.3 is 5.73 Å². The molecule has 0 saturated carbocycles. The minimum atomic E-state index is -3.59. The number of anilines is 1. The van der Waals surface area contributed by atoms with Gasteiger partial charge in [0.05, 0.1) is 11.5 Å². The van der Waals surface area contributed by atoms with Gasteiger partial charge in [0.1, 0.15) is 0 Å². The summed E-state index contributed by atoms with van der Waals surface area (Å²) in [6, 6.07) is 3.13. The quantitative estimate of drug-likeness (QED) is 0.828. The van der Waals surface area contributed by atoms with Gasteiger partial charge in [-0.25, -0.2) is 8.42 Å². The maximum Gasteiger partial charge on any atom is 0.265 e. The fraction of sp³-hybridized carbons (Fsp3) is 0.500. The number of hydrogen-bond donors (Lipinski definition) is 1. The summed E-state index contributed by atoms with van der Waals surface area (Å²) in [7, 11) is -3.59. The molecule has 0 amide bonds. The van der Waals surface area contributed by atoms with Crippen molar-refractivity contribution >= 4 is 15.7 Å². The number of sulfonamides is 1. The van der Waals surface area contributed by atoms with E-state index in [2.05, 4.69) is 0 Å². The van der Waals surface area contributed by atoms with Crippen molar-refractivity contribution in [3.8, 4) is 0 Å². The second-order valence-corrected chi connectivity index (χ2v) is 6.35. The molecule has 1 heterocycles. The largest absolute Gasteiger partial charge is 0.398 e. The minimum Gasteiger partial charge on any atom is -0.398 e. The standard InChI is InChI=1S/C12H18N2O3S/c1-9-7-11(8-12(13)10(9)2)18(15,16)14-5-3-4-6-17-14/h7-8H,3-6,13H2,1-2H3. The summed E-state index contributed by atoms with van der Waals surface area (Å²) in [5.41, 5.74) is 8.09. The minimum absolute atomic E-state index is 0.199. The van der Waals surface area contributed by atoms with Crippen molar-refractivity contribution in [3.05, 3.63) is 23.3 Å². The first-order valence-electron chi connectivity index (χ1n) is 5.95. The molecule has 2 N–H and O–H groups in total. The van der Waals surface area contributed by atoms with E-state index in [0.717, 1.165) is 28.4 Å². The molecule has 0 aromatic heterocycles. The van der Waals surface area contributed by atoms with Crippen LogP contribution in [0.3, 0.4) is 0 Å². The van der Waals surface area contributed by atoms with Crippen LogP contribution in [-0.2, 0) is 14.9 Å². The van der Waals surface area contributed by atoms with E-state index in [1.54, 1.807) is 6.07 Å². The Labute approximate surface area is 108 Å². The number of nitrogens with two attached hydrogens (primary N) is 1. The molecule has 2 rings (SSSR count). The third kappa shape index (κ3) is 2.36. The zero-order valence-electron chi connectivity index (χ0n) is 10.6. The maximum atomic E-state index is 12.3. The molecular formula is C12H18N2O3S. The maximum absolute atomic E-state index is 12.3. The predicted octanol–water partition coefficient (Wildman–Crippen LogP) is 1.60. The zero-order chi connectivity index (χ0) is 13.3. The molecule has 18 heavy (non-hydrogen) atoms. The monoisotopic (exact) mass is 270 g/mol. The Morgan fingerprint density at radius 3 is 2.56 bits per heavy atom. The van der Waals surface area contributed by atoms with Crippen molar-refractivity contribution in [3.63, 3.8) is 0 Å². The molecule has 0 atom stereocenters. The second kappa shape index (κ2) is 4.87. The van der Waals surface area contributed by atoms with Crippen LogP contribution in [-0.4, -0.2) is 26.0 Å². The Morgan fingerprint density at radius 2 is 2.00 bits per heavy atom. The van der Waals surface area contributed by atoms with E-state index in [9.17, 15) is 8.42 Å². The van der Waals surface area contributed by atoms with Crippen LogP contribution in [0.15, 0.2) is 17.0 Å². The molecule has 0 unspecified atom stereocenters. The normalized spacial score (nSPS) is 17.9. The van der Waals surface area contributed by atoms with Crippen LogP contribution in [0, 0.1) is 13.8 Å². The second-order valence-electron chi connectivity index (χ2n) is 4.53. The third-order valence-corrected chi connectivity index (χ3v) is 4.87. The smallest absolute Gasteiger partial charge is 0.265 e. The van der Waals surface area contributed by atoms with Crippen LogP contribution >= 0.6 is 0 Å². The summed E-state index contributed by atoms with van der Waals surface area (Å²) < 4.78 is 25.8. The Balaban J connectivity index is 2.41. The molecule has 0 radical (unpaired) electrons. The van der Waals surface area contributed by atoms with Crippen molar-refractivity contribution in [2.24, 2.45) is 0 Å². The summed E-state index contributed by atoms with van der Waals surface area (Å²) in [6.07, 6.45) is 1.71. The summed E-state index contributed by atoms with van der Waals surface area (Å²) >= 11 is 0. The highest BCUT2D eigenvalue weighted by Gasteiger charge is 2.28. The lowest BCUT2D eigenvalue weighted by atomic mass is 10.1. The molecule has 100 valence electrons. The van der Waals surface area contributed by atoms with E-state index in [-0.39, 0.29) is 4.90 Å². The molecule has 1 saturated heterocycles. The van der Waals surface area contributed by atoms with E-state index in [0.29, 0.717) is 18.8 Å². The summed E-state index contributed by atoms with van der Waals surface area (Å²) in [6.45, 7) is 4.56. The van der Waals surface area contributed by atoms with Gasteiger partial charge in [0.15, 0.2) is 0 Å². The molecule has 0 spiro atoms. The van der Waals surface area contributed by atoms with Crippen molar-refractivity contribution in [1.82, 2.24) is 4.47 Å². The molecule has 0 bridgehead atoms. The summed E-state index contributed by atoms with van der Waals surface area (Å²) in [4.78, 5) is 5.41. The SMILES string of the molecule is Cc1cc(S(=O)(=O)N2CCCCO2)cc(N)c1C. The molecule has 1 aromatic rings. The molecule has 1 fully saturated rings. The first-order chi connectivity index (χ1) is 8.43. The first kappa shape index (κ1) is 13.3. The van der Waals surface area contributed by atoms with Gasteiger partial charge in [0.25, 0.3) is 10.0 Å². The van der Waals surface area contributed by atoms with Gasteiger partial charge in [-0.2, -0.15) is 0 Å². The van der Waals surface area contributed by atoms with E-state index in [4.69, 9.17) is 10.6 Å². The molecule has 0 aliphatic carbocycles. The van der Waals surface area contributed by atoms with Gasteiger partial charge in [-0.3, -0.25) is 4.84 Å². The fourth-order valence-electron chi connectivity index (χ4n) is 1.88. The van der Waals surface area contributed by atoms with Gasteiger partial charge in [0, 0.05) is 12.2 Å². The Bertz CT molecular complexity index is 525. The Hall–Kier alpha value is -1.11. The van der Waals surface area contributed by atoms with Gasteiger partial charge in [0.2, 0.25) is 0 Å². The number of aryl methyl sites for hydroxylation is 1. The van der Waals surface area contributed by atoms with Crippen LogP contribution in [0.25, 0.3) is 0 Å². The van der Waals surface area contributed by atoms with Crippen LogP contribution in [0.4, 0.5) is 5.69 Å². The molecule has 1 aliphatic heterocycles. The topological polar surface area (TPSA) is 72.6 Å². The Kier molecular flexibility index (Phi) is 3.61. The first-order valence-corrected chi connectivity index (χ1v) is 7.39. The van der Waals surface area contributed by atoms with Crippen LogP contribution in [0.1, 0.15) is 24.0 Å². The third-order valence-electron chi connectivity index (χ3n) is 3.22. The Morgan fingerprint density at radius 1 is 1.28 bits per heavy atom. The van der Waals surface area contributed by atoms with Gasteiger partial charge in [-0.15, -0.1) is 0 Å². The van der Waals surface area contributed by atoms with Crippen LogP contribution in [0.2, 0.25) is 0 Å². The molecule has 5 nitrogen and oxygen atoms in total. The lowest BCUT2D eigenvalue weighted by molar-refractivity contribution is -0.108. The van der Waals surface area contributed by atoms with Gasteiger partial charge in [-0.1, -0.05) is 4.47 Å². The summed E-state index contributed by atoms with van der Waals surface area (Å²) in [5.74, 6) is 0. The van der Waals surface area contributed by atoms with Gasteiger partial charge in [-0.05, 0) is 49.9 Å². The number of hydroxylamine groups is 1. The highest BCUT2D eigenvalue weighted by Crippen LogP contribution is 2.25. The van der Waals surface area contributed by atoms with E-state index in [1.807, 2.05) is 13.8 Å². The predicted molar refractivity (Wildman–Crippen MR) is 69.4 cm³/mol. The van der Waals surface area contributed by atoms with Crippen molar-refractivity contribution in [2.75, 3.05) is 18.9 Å². The number of benzene rings is 1. The molecule has 1 aromatic carbocycles. The molecule has 1 aliphatic rings. The van der Waals surface area contributed by atoms with Crippen LogP contribution in [0.5, 0.6) is 0 Å². The zero-order valence-corrected chi connectivity index (χ0v) is 11.5. The van der Waals surface area contributed by atoms with Crippen molar-refractivity contribution < 1.29 is 13.3 Å².